The van der Waals surface area contributed by atoms with Gasteiger partial charge >= 0.3 is 0 Å². The number of piperidine rings is 1. The molecule has 0 spiro atoms. The molecule has 1 fully saturated rings. The summed E-state index contributed by atoms with van der Waals surface area (Å²) in [4.78, 5) is 28.1. The lowest BCUT2D eigenvalue weighted by atomic mass is 10.1. The van der Waals surface area contributed by atoms with Crippen molar-refractivity contribution >= 4 is 22.5 Å². The molecule has 1 N–H and O–H groups in total. The second kappa shape index (κ2) is 8.39. The summed E-state index contributed by atoms with van der Waals surface area (Å²) in [6.45, 7) is 6.56. The van der Waals surface area contributed by atoms with Gasteiger partial charge in [-0.25, -0.2) is 4.68 Å². The van der Waals surface area contributed by atoms with Crippen LogP contribution in [-0.4, -0.2) is 50.5 Å². The summed E-state index contributed by atoms with van der Waals surface area (Å²) in [5.74, 6) is 0.362. The zero-order valence-corrected chi connectivity index (χ0v) is 17.7. The summed E-state index contributed by atoms with van der Waals surface area (Å²) < 4.78 is 3.33. The first-order valence-corrected chi connectivity index (χ1v) is 10.5. The van der Waals surface area contributed by atoms with E-state index in [9.17, 15) is 9.59 Å². The molecule has 4 rings (SSSR count). The van der Waals surface area contributed by atoms with E-state index in [0.717, 1.165) is 25.9 Å². The number of nitrogens with zero attached hydrogens (tertiary/aromatic N) is 5. The van der Waals surface area contributed by atoms with Gasteiger partial charge in [0, 0.05) is 24.2 Å². The Hall–Kier alpha value is -3.00. The van der Waals surface area contributed by atoms with Crippen LogP contribution in [0.2, 0.25) is 0 Å². The minimum atomic E-state index is -0.364. The van der Waals surface area contributed by atoms with Crippen LogP contribution < -0.4 is 10.9 Å². The van der Waals surface area contributed by atoms with E-state index >= 15 is 0 Å². The lowest BCUT2D eigenvalue weighted by Crippen LogP contribution is -2.31. The quantitative estimate of drug-likeness (QED) is 0.702. The summed E-state index contributed by atoms with van der Waals surface area (Å²) in [6, 6.07) is 9.26. The van der Waals surface area contributed by atoms with Crippen molar-refractivity contribution in [1.82, 2.24) is 24.5 Å². The van der Waals surface area contributed by atoms with Crippen LogP contribution in [-0.2, 0) is 6.54 Å². The molecule has 0 saturated carbocycles. The van der Waals surface area contributed by atoms with Crippen molar-refractivity contribution in [1.29, 1.82) is 0 Å². The number of rotatable bonds is 5. The molecular formula is C22H28N6O2. The zero-order chi connectivity index (χ0) is 21.3. The number of amides is 1. The van der Waals surface area contributed by atoms with Gasteiger partial charge in [-0.15, -0.1) is 0 Å². The third-order valence-corrected chi connectivity index (χ3v) is 5.53. The standard InChI is InChI=1S/C22H28N6O2/c1-15(2)14-28-22(30)18-7-5-4-6-17(18)20(25-28)21(29)23-19-10-13-27(24-19)16-8-11-26(3)12-9-16/h4-7,10,13,15-16H,8-9,11-12,14H2,1-3H3,(H,23,24,29). The van der Waals surface area contributed by atoms with Crippen LogP contribution in [0.15, 0.2) is 41.3 Å². The minimum Gasteiger partial charge on any atom is -0.306 e. The molecule has 0 bridgehead atoms. The van der Waals surface area contributed by atoms with Crippen LogP contribution in [0, 0.1) is 5.92 Å². The molecule has 1 aliphatic heterocycles. The molecule has 1 saturated heterocycles. The molecule has 0 atom stereocenters. The Labute approximate surface area is 175 Å². The van der Waals surface area contributed by atoms with Gasteiger partial charge in [0.15, 0.2) is 11.5 Å². The van der Waals surface area contributed by atoms with Gasteiger partial charge in [-0.05, 0) is 45.0 Å². The molecule has 1 aliphatic rings. The lowest BCUT2D eigenvalue weighted by Gasteiger charge is -2.28. The number of hydrogen-bond donors (Lipinski definition) is 1. The second-order valence-corrected chi connectivity index (χ2v) is 8.44. The highest BCUT2D eigenvalue weighted by Crippen LogP contribution is 2.22. The molecule has 1 amide bonds. The normalized spacial score (nSPS) is 15.7. The van der Waals surface area contributed by atoms with E-state index in [1.165, 1.54) is 4.68 Å². The highest BCUT2D eigenvalue weighted by Gasteiger charge is 2.21. The van der Waals surface area contributed by atoms with Crippen LogP contribution in [0.3, 0.4) is 0 Å². The van der Waals surface area contributed by atoms with Crippen LogP contribution in [0.4, 0.5) is 5.82 Å². The first-order valence-electron chi connectivity index (χ1n) is 10.5. The van der Waals surface area contributed by atoms with Crippen molar-refractivity contribution in [2.24, 2.45) is 5.92 Å². The van der Waals surface area contributed by atoms with Crippen LogP contribution in [0.25, 0.3) is 10.8 Å². The minimum absolute atomic E-state index is 0.178. The first kappa shape index (κ1) is 20.3. The molecule has 0 aliphatic carbocycles. The molecule has 3 aromatic rings. The van der Waals surface area contributed by atoms with E-state index in [1.807, 2.05) is 36.9 Å². The Morgan fingerprint density at radius 1 is 1.13 bits per heavy atom. The SMILES string of the molecule is CC(C)Cn1nc(C(=O)Nc2ccn(C3CCN(C)CC3)n2)c2ccccc2c1=O. The number of likely N-dealkylation sites (tertiary alicyclic amines) is 1. The highest BCUT2D eigenvalue weighted by molar-refractivity contribution is 6.10. The summed E-state index contributed by atoms with van der Waals surface area (Å²) in [5.41, 5.74) is 0.0575. The van der Waals surface area contributed by atoms with E-state index in [-0.39, 0.29) is 23.1 Å². The Balaban J connectivity index is 1.61. The Bertz CT molecular complexity index is 1110. The summed E-state index contributed by atoms with van der Waals surface area (Å²) in [7, 11) is 2.13. The number of carbonyl (C=O) groups is 1. The molecular weight excluding hydrogens is 380 g/mol. The average Bonchev–Trinajstić information content (AvgIpc) is 3.18. The number of anilines is 1. The van der Waals surface area contributed by atoms with Gasteiger partial charge < -0.3 is 10.2 Å². The topological polar surface area (TPSA) is 85.1 Å². The molecule has 8 heteroatoms. The first-order chi connectivity index (χ1) is 14.4. The van der Waals surface area contributed by atoms with E-state index in [4.69, 9.17) is 0 Å². The predicted octanol–water partition coefficient (Wildman–Crippen LogP) is 2.77. The van der Waals surface area contributed by atoms with Crippen molar-refractivity contribution < 1.29 is 4.79 Å². The summed E-state index contributed by atoms with van der Waals surface area (Å²) >= 11 is 0. The van der Waals surface area contributed by atoms with E-state index < -0.39 is 0 Å². The summed E-state index contributed by atoms with van der Waals surface area (Å²) in [6.07, 6.45) is 3.99. The van der Waals surface area contributed by atoms with Crippen molar-refractivity contribution in [3.8, 4) is 0 Å². The third-order valence-electron chi connectivity index (χ3n) is 5.53. The Morgan fingerprint density at radius 3 is 2.53 bits per heavy atom. The van der Waals surface area contributed by atoms with Gasteiger partial charge in [-0.2, -0.15) is 10.2 Å². The van der Waals surface area contributed by atoms with Crippen molar-refractivity contribution in [2.75, 3.05) is 25.5 Å². The van der Waals surface area contributed by atoms with Gasteiger partial charge in [-0.1, -0.05) is 32.0 Å². The maximum absolute atomic E-state index is 13.1. The van der Waals surface area contributed by atoms with Gasteiger partial charge in [-0.3, -0.25) is 14.3 Å². The monoisotopic (exact) mass is 408 g/mol. The number of nitrogens with one attached hydrogen (secondary N) is 1. The van der Waals surface area contributed by atoms with Crippen molar-refractivity contribution in [3.05, 3.63) is 52.6 Å². The highest BCUT2D eigenvalue weighted by atomic mass is 16.2. The molecule has 30 heavy (non-hydrogen) atoms. The van der Waals surface area contributed by atoms with Gasteiger partial charge in [0.05, 0.1) is 11.4 Å². The van der Waals surface area contributed by atoms with Gasteiger partial charge in [0.25, 0.3) is 11.5 Å². The number of fused-ring (bicyclic) bond motifs is 1. The summed E-state index contributed by atoms with van der Waals surface area (Å²) in [5, 5.41) is 12.9. The molecule has 158 valence electrons. The molecule has 0 radical (unpaired) electrons. The van der Waals surface area contributed by atoms with Crippen molar-refractivity contribution in [2.45, 2.75) is 39.3 Å². The molecule has 3 heterocycles. The maximum atomic E-state index is 13.1. The number of carbonyl (C=O) groups excluding carboxylic acids is 1. The fraction of sp³-hybridized carbons (Fsp3) is 0.455. The number of benzene rings is 1. The zero-order valence-electron chi connectivity index (χ0n) is 17.7. The molecule has 2 aromatic heterocycles. The molecule has 0 unspecified atom stereocenters. The van der Waals surface area contributed by atoms with Crippen LogP contribution in [0.5, 0.6) is 0 Å². The van der Waals surface area contributed by atoms with E-state index in [2.05, 4.69) is 27.5 Å². The number of aromatic nitrogens is 4. The van der Waals surface area contributed by atoms with Crippen molar-refractivity contribution in [3.63, 3.8) is 0 Å². The van der Waals surface area contributed by atoms with E-state index in [1.54, 1.807) is 18.2 Å². The van der Waals surface area contributed by atoms with Gasteiger partial charge in [0.1, 0.15) is 0 Å². The Morgan fingerprint density at radius 2 is 1.83 bits per heavy atom. The fourth-order valence-corrected chi connectivity index (χ4v) is 3.92. The van der Waals surface area contributed by atoms with Crippen LogP contribution >= 0.6 is 0 Å². The fourth-order valence-electron chi connectivity index (χ4n) is 3.92. The Kier molecular flexibility index (Phi) is 5.67. The molecule has 8 nitrogen and oxygen atoms in total. The second-order valence-electron chi connectivity index (χ2n) is 8.44. The largest absolute Gasteiger partial charge is 0.306 e. The third kappa shape index (κ3) is 4.14. The predicted molar refractivity (Wildman–Crippen MR) is 117 cm³/mol. The van der Waals surface area contributed by atoms with E-state index in [0.29, 0.717) is 29.2 Å². The molecule has 1 aromatic carbocycles. The smallest absolute Gasteiger partial charge is 0.277 e. The van der Waals surface area contributed by atoms with Gasteiger partial charge in [0.2, 0.25) is 0 Å². The average molecular weight is 409 g/mol. The number of hydrogen-bond acceptors (Lipinski definition) is 5. The lowest BCUT2D eigenvalue weighted by molar-refractivity contribution is 0.102. The maximum Gasteiger partial charge on any atom is 0.277 e. The van der Waals surface area contributed by atoms with Crippen LogP contribution in [0.1, 0.15) is 43.2 Å².